The number of rotatable bonds is 7. The van der Waals surface area contributed by atoms with E-state index in [9.17, 15) is 22.8 Å². The number of thioether (sulfide) groups is 1. The maximum Gasteiger partial charge on any atom is 0.416 e. The van der Waals surface area contributed by atoms with E-state index in [1.54, 1.807) is 30.7 Å². The Morgan fingerprint density at radius 1 is 1.18 bits per heavy atom. The zero-order valence-corrected chi connectivity index (χ0v) is 20.0. The van der Waals surface area contributed by atoms with Crippen molar-refractivity contribution in [2.45, 2.75) is 31.2 Å². The second-order valence-electron chi connectivity index (χ2n) is 7.44. The van der Waals surface area contributed by atoms with Crippen LogP contribution < -0.4 is 10.6 Å². The number of alkyl halides is 3. The molecule has 34 heavy (non-hydrogen) atoms. The van der Waals surface area contributed by atoms with Gasteiger partial charge in [0.25, 0.3) is 5.91 Å². The van der Waals surface area contributed by atoms with Gasteiger partial charge in [-0.3, -0.25) is 9.59 Å². The van der Waals surface area contributed by atoms with Crippen molar-refractivity contribution in [3.8, 4) is 0 Å². The number of hydrogen-bond donors (Lipinski definition) is 2. The van der Waals surface area contributed by atoms with E-state index < -0.39 is 23.7 Å². The van der Waals surface area contributed by atoms with Crippen LogP contribution in [0.1, 0.15) is 40.3 Å². The summed E-state index contributed by atoms with van der Waals surface area (Å²) in [6.07, 6.45) is -4.56. The van der Waals surface area contributed by atoms with Gasteiger partial charge in [0.2, 0.25) is 5.91 Å². The predicted molar refractivity (Wildman–Crippen MR) is 124 cm³/mol. The lowest BCUT2D eigenvalue weighted by molar-refractivity contribution is -0.137. The van der Waals surface area contributed by atoms with Crippen molar-refractivity contribution in [1.29, 1.82) is 0 Å². The zero-order chi connectivity index (χ0) is 25.0. The summed E-state index contributed by atoms with van der Waals surface area (Å²) in [4.78, 5) is 24.9. The quantitative estimate of drug-likeness (QED) is 0.435. The molecule has 0 unspecified atom stereocenters. The average molecular weight is 512 g/mol. The molecule has 0 aliphatic heterocycles. The van der Waals surface area contributed by atoms with E-state index in [4.69, 9.17) is 11.6 Å². The second kappa shape index (κ2) is 10.5. The molecule has 3 aromatic rings. The number of halogens is 4. The van der Waals surface area contributed by atoms with Crippen molar-refractivity contribution in [3.05, 3.63) is 70.0 Å². The first kappa shape index (κ1) is 25.6. The lowest BCUT2D eigenvalue weighted by Gasteiger charge is -2.14. The van der Waals surface area contributed by atoms with E-state index in [1.807, 2.05) is 19.1 Å². The Kier molecular flexibility index (Phi) is 7.88. The van der Waals surface area contributed by atoms with Crippen LogP contribution in [0.3, 0.4) is 0 Å². The Morgan fingerprint density at radius 3 is 2.56 bits per heavy atom. The largest absolute Gasteiger partial charge is 0.416 e. The molecule has 0 bridgehead atoms. The number of anilines is 1. The van der Waals surface area contributed by atoms with Gasteiger partial charge in [-0.2, -0.15) is 13.2 Å². The first-order chi connectivity index (χ1) is 16.0. The van der Waals surface area contributed by atoms with Crippen LogP contribution in [0.4, 0.5) is 18.9 Å². The Labute approximate surface area is 203 Å². The molecule has 1 atom stereocenters. The van der Waals surface area contributed by atoms with Crippen LogP contribution in [-0.2, 0) is 18.0 Å². The number of benzene rings is 2. The molecule has 1 heterocycles. The number of carbonyl (C=O) groups excluding carboxylic acids is 2. The number of nitrogens with one attached hydrogen (secondary N) is 2. The fourth-order valence-electron chi connectivity index (χ4n) is 3.11. The molecule has 12 heteroatoms. The number of carbonyl (C=O) groups is 2. The minimum atomic E-state index is -4.56. The van der Waals surface area contributed by atoms with Crippen molar-refractivity contribution in [2.24, 2.45) is 7.05 Å². The summed E-state index contributed by atoms with van der Waals surface area (Å²) in [6.45, 7) is 3.60. The summed E-state index contributed by atoms with van der Waals surface area (Å²) >= 11 is 6.96. The fourth-order valence-corrected chi connectivity index (χ4v) is 3.99. The van der Waals surface area contributed by atoms with Gasteiger partial charge in [0.15, 0.2) is 11.0 Å². The Morgan fingerprint density at radius 2 is 1.88 bits per heavy atom. The minimum Gasteiger partial charge on any atom is -0.342 e. The number of aryl methyl sites for hydroxylation is 1. The standard InChI is InChI=1S/C22H21ClF3N5O2S/c1-12-6-4-5-7-15(12)20(33)27-13(2)19-29-30-21(31(19)3)34-11-18(32)28-17-10-14(22(24,25)26)8-9-16(17)23/h4-10,13H,11H2,1-3H3,(H,27,33)(H,28,32)/t13-/m1/s1. The first-order valence-electron chi connectivity index (χ1n) is 10.0. The molecular formula is C22H21ClF3N5O2S. The Hall–Kier alpha value is -3.05. The third-order valence-electron chi connectivity index (χ3n) is 4.89. The molecular weight excluding hydrogens is 491 g/mol. The van der Waals surface area contributed by atoms with Crippen molar-refractivity contribution >= 4 is 40.9 Å². The number of amides is 2. The van der Waals surface area contributed by atoms with Gasteiger partial charge in [0.05, 0.1) is 28.1 Å². The van der Waals surface area contributed by atoms with E-state index in [1.165, 1.54) is 0 Å². The predicted octanol–water partition coefficient (Wildman–Crippen LogP) is 5.02. The first-order valence-corrected chi connectivity index (χ1v) is 11.4. The lowest BCUT2D eigenvalue weighted by Crippen LogP contribution is -2.29. The molecule has 0 radical (unpaired) electrons. The number of aromatic nitrogens is 3. The monoisotopic (exact) mass is 511 g/mol. The highest BCUT2D eigenvalue weighted by molar-refractivity contribution is 7.99. The Balaban J connectivity index is 1.62. The summed E-state index contributed by atoms with van der Waals surface area (Å²) in [5.74, 6) is -0.467. The molecule has 0 saturated heterocycles. The number of hydrogen-bond acceptors (Lipinski definition) is 5. The molecule has 0 aliphatic carbocycles. The molecule has 2 N–H and O–H groups in total. The van der Waals surface area contributed by atoms with Crippen molar-refractivity contribution in [1.82, 2.24) is 20.1 Å². The van der Waals surface area contributed by atoms with Crippen LogP contribution in [0.25, 0.3) is 0 Å². The summed E-state index contributed by atoms with van der Waals surface area (Å²) < 4.78 is 40.4. The van der Waals surface area contributed by atoms with E-state index in [2.05, 4.69) is 20.8 Å². The molecule has 0 fully saturated rings. The Bertz CT molecular complexity index is 1220. The van der Waals surface area contributed by atoms with Gasteiger partial charge in [-0.1, -0.05) is 41.6 Å². The summed E-state index contributed by atoms with van der Waals surface area (Å²) in [5.41, 5.74) is 0.345. The zero-order valence-electron chi connectivity index (χ0n) is 18.4. The van der Waals surface area contributed by atoms with Gasteiger partial charge >= 0.3 is 6.18 Å². The summed E-state index contributed by atoms with van der Waals surface area (Å²) in [5, 5.41) is 13.8. The topological polar surface area (TPSA) is 88.9 Å². The van der Waals surface area contributed by atoms with Gasteiger partial charge in [-0.15, -0.1) is 10.2 Å². The maximum atomic E-state index is 12.9. The van der Waals surface area contributed by atoms with Crippen LogP contribution in [0.2, 0.25) is 5.02 Å². The third kappa shape index (κ3) is 6.09. The highest BCUT2D eigenvalue weighted by Crippen LogP contribution is 2.34. The van der Waals surface area contributed by atoms with Gasteiger partial charge < -0.3 is 15.2 Å². The number of nitrogens with zero attached hydrogens (tertiary/aromatic N) is 3. The maximum absolute atomic E-state index is 12.9. The normalized spacial score (nSPS) is 12.3. The van der Waals surface area contributed by atoms with E-state index >= 15 is 0 Å². The van der Waals surface area contributed by atoms with Crippen LogP contribution in [0.15, 0.2) is 47.6 Å². The van der Waals surface area contributed by atoms with Gasteiger partial charge in [0, 0.05) is 12.6 Å². The smallest absolute Gasteiger partial charge is 0.342 e. The highest BCUT2D eigenvalue weighted by Gasteiger charge is 2.31. The van der Waals surface area contributed by atoms with Gasteiger partial charge in [-0.05, 0) is 43.7 Å². The van der Waals surface area contributed by atoms with Gasteiger partial charge in [0.1, 0.15) is 0 Å². The SMILES string of the molecule is Cc1ccccc1C(=O)N[C@H](C)c1nnc(SCC(=O)Nc2cc(C(F)(F)F)ccc2Cl)n1C. The fraction of sp³-hybridized carbons (Fsp3) is 0.273. The van der Waals surface area contributed by atoms with E-state index in [0.29, 0.717) is 16.5 Å². The van der Waals surface area contributed by atoms with Crippen molar-refractivity contribution in [2.75, 3.05) is 11.1 Å². The highest BCUT2D eigenvalue weighted by atomic mass is 35.5. The molecule has 2 aromatic carbocycles. The van der Waals surface area contributed by atoms with Crippen LogP contribution in [-0.4, -0.2) is 32.3 Å². The molecule has 0 aliphatic rings. The lowest BCUT2D eigenvalue weighted by atomic mass is 10.1. The molecule has 1 aromatic heterocycles. The molecule has 2 amide bonds. The van der Waals surface area contributed by atoms with Crippen LogP contribution >= 0.6 is 23.4 Å². The van der Waals surface area contributed by atoms with Crippen LogP contribution in [0, 0.1) is 6.92 Å². The van der Waals surface area contributed by atoms with E-state index in [-0.39, 0.29) is 22.4 Å². The summed E-state index contributed by atoms with van der Waals surface area (Å²) in [7, 11) is 1.69. The molecule has 180 valence electrons. The molecule has 0 spiro atoms. The molecule has 0 saturated carbocycles. The molecule has 3 rings (SSSR count). The summed E-state index contributed by atoms with van der Waals surface area (Å²) in [6, 6.07) is 9.43. The van der Waals surface area contributed by atoms with E-state index in [0.717, 1.165) is 35.5 Å². The average Bonchev–Trinajstić information content (AvgIpc) is 3.13. The van der Waals surface area contributed by atoms with Crippen molar-refractivity contribution in [3.63, 3.8) is 0 Å². The molecule has 7 nitrogen and oxygen atoms in total. The van der Waals surface area contributed by atoms with Crippen LogP contribution in [0.5, 0.6) is 0 Å². The third-order valence-corrected chi connectivity index (χ3v) is 6.24. The van der Waals surface area contributed by atoms with Gasteiger partial charge in [-0.25, -0.2) is 0 Å². The van der Waals surface area contributed by atoms with Crippen molar-refractivity contribution < 1.29 is 22.8 Å². The second-order valence-corrected chi connectivity index (χ2v) is 8.79. The minimum absolute atomic E-state index is 0.00878.